The minimum absolute atomic E-state index is 0.00231. The average Bonchev–Trinajstić information content (AvgIpc) is 3.62. The number of anilines is 1. The minimum atomic E-state index is -0.425. The lowest BCUT2D eigenvalue weighted by molar-refractivity contribution is -0.384. The fourth-order valence-corrected chi connectivity index (χ4v) is 4.74. The van der Waals surface area contributed by atoms with Crippen molar-refractivity contribution in [3.63, 3.8) is 0 Å². The van der Waals surface area contributed by atoms with E-state index in [1.165, 1.54) is 12.1 Å². The summed E-state index contributed by atoms with van der Waals surface area (Å²) < 4.78 is 17.3. The minimum Gasteiger partial charge on any atom is -0.459 e. The Bertz CT molecular complexity index is 1440. The van der Waals surface area contributed by atoms with E-state index in [1.807, 2.05) is 53.4 Å². The number of aromatic nitrogens is 1. The van der Waals surface area contributed by atoms with Gasteiger partial charge in [-0.25, -0.2) is 0 Å². The van der Waals surface area contributed by atoms with Crippen LogP contribution in [0.5, 0.6) is 11.5 Å². The normalized spacial score (nSPS) is 18.5. The first-order chi connectivity index (χ1) is 17.1. The molecule has 0 saturated carbocycles. The molecule has 174 valence electrons. The maximum atomic E-state index is 11.2. The number of non-ortho nitro benzene ring substituents is 1. The van der Waals surface area contributed by atoms with Crippen LogP contribution in [0.3, 0.4) is 0 Å². The third-order valence-electron chi connectivity index (χ3n) is 5.99. The van der Waals surface area contributed by atoms with Gasteiger partial charge in [-0.15, -0.1) is 0 Å². The number of hydrogen-bond donors (Lipinski definition) is 1. The average molecular weight is 487 g/mol. The van der Waals surface area contributed by atoms with Gasteiger partial charge in [0.1, 0.15) is 17.6 Å². The van der Waals surface area contributed by atoms with Crippen molar-refractivity contribution in [3.05, 3.63) is 101 Å². The van der Waals surface area contributed by atoms with Gasteiger partial charge in [0.15, 0.2) is 16.6 Å². The quantitative estimate of drug-likeness (QED) is 0.233. The van der Waals surface area contributed by atoms with E-state index in [0.717, 1.165) is 11.4 Å². The molecule has 1 N–H and O–H groups in total. The van der Waals surface area contributed by atoms with Crippen molar-refractivity contribution < 1.29 is 18.8 Å². The third-order valence-corrected chi connectivity index (χ3v) is 6.31. The van der Waals surface area contributed by atoms with Crippen LogP contribution in [0.1, 0.15) is 23.5 Å². The monoisotopic (exact) mass is 486 g/mol. The van der Waals surface area contributed by atoms with Crippen LogP contribution in [-0.2, 0) is 0 Å². The molecule has 6 rings (SSSR count). The Balaban J connectivity index is 1.43. The highest BCUT2D eigenvalue weighted by Gasteiger charge is 2.43. The lowest BCUT2D eigenvalue weighted by Crippen LogP contribution is -2.29. The molecule has 10 heteroatoms. The Morgan fingerprint density at radius 3 is 2.74 bits per heavy atom. The zero-order valence-corrected chi connectivity index (χ0v) is 19.0. The highest BCUT2D eigenvalue weighted by atomic mass is 32.1. The standard InChI is InChI=1S/C25H18N4O5S/c30-29(31)17-5-3-4-15(12-17)19-9-10-21(34-19)24-23(18-6-1-2-11-26-18)27-25(35)28(24)16-7-8-20-22(13-16)33-14-32-20/h1-13,23-24H,14H2,(H,27,35)/t23-,24+/m0/s1. The largest absolute Gasteiger partial charge is 0.459 e. The van der Waals surface area contributed by atoms with E-state index in [1.54, 1.807) is 18.3 Å². The van der Waals surface area contributed by atoms with Crippen LogP contribution in [0.2, 0.25) is 0 Å². The van der Waals surface area contributed by atoms with Crippen LogP contribution >= 0.6 is 12.2 Å². The van der Waals surface area contributed by atoms with Crippen molar-refractivity contribution in [3.8, 4) is 22.8 Å². The van der Waals surface area contributed by atoms with Crippen molar-refractivity contribution in [2.24, 2.45) is 0 Å². The van der Waals surface area contributed by atoms with Crippen molar-refractivity contribution in [2.45, 2.75) is 12.1 Å². The molecule has 0 spiro atoms. The second-order valence-corrected chi connectivity index (χ2v) is 8.43. The highest BCUT2D eigenvalue weighted by Crippen LogP contribution is 2.45. The fraction of sp³-hybridized carbons (Fsp3) is 0.120. The molecular weight excluding hydrogens is 468 g/mol. The number of ether oxygens (including phenoxy) is 2. The number of pyridine rings is 1. The summed E-state index contributed by atoms with van der Waals surface area (Å²) in [5, 5.41) is 15.1. The first-order valence-corrected chi connectivity index (χ1v) is 11.2. The van der Waals surface area contributed by atoms with Gasteiger partial charge in [-0.1, -0.05) is 18.2 Å². The van der Waals surface area contributed by atoms with Gasteiger partial charge >= 0.3 is 0 Å². The van der Waals surface area contributed by atoms with Crippen molar-refractivity contribution in [2.75, 3.05) is 11.7 Å². The van der Waals surface area contributed by atoms with E-state index in [2.05, 4.69) is 10.3 Å². The SMILES string of the molecule is O=[N+]([O-])c1cccc(-c2ccc([C@@H]3[C@H](c4ccccn4)NC(=S)N3c3ccc4c(c3)OCO4)o2)c1. The molecule has 0 radical (unpaired) electrons. The first-order valence-electron chi connectivity index (χ1n) is 10.8. The first kappa shape index (κ1) is 21.1. The van der Waals surface area contributed by atoms with Gasteiger partial charge in [0, 0.05) is 35.6 Å². The van der Waals surface area contributed by atoms with E-state index in [0.29, 0.717) is 33.7 Å². The zero-order valence-electron chi connectivity index (χ0n) is 18.2. The molecule has 4 heterocycles. The fourth-order valence-electron chi connectivity index (χ4n) is 4.40. The van der Waals surface area contributed by atoms with E-state index < -0.39 is 4.92 Å². The highest BCUT2D eigenvalue weighted by molar-refractivity contribution is 7.80. The molecule has 0 amide bonds. The molecule has 0 bridgehead atoms. The van der Waals surface area contributed by atoms with Crippen LogP contribution in [0.25, 0.3) is 11.3 Å². The summed E-state index contributed by atoms with van der Waals surface area (Å²) in [5.41, 5.74) is 2.22. The molecule has 35 heavy (non-hydrogen) atoms. The zero-order chi connectivity index (χ0) is 23.9. The number of hydrogen-bond acceptors (Lipinski definition) is 7. The van der Waals surface area contributed by atoms with Gasteiger partial charge in [0.05, 0.1) is 16.7 Å². The summed E-state index contributed by atoms with van der Waals surface area (Å²) in [4.78, 5) is 17.3. The smallest absolute Gasteiger partial charge is 0.270 e. The van der Waals surface area contributed by atoms with Gasteiger partial charge in [0.25, 0.3) is 5.69 Å². The van der Waals surface area contributed by atoms with Gasteiger partial charge in [-0.3, -0.25) is 15.1 Å². The number of nitro groups is 1. The van der Waals surface area contributed by atoms with E-state index in [9.17, 15) is 10.1 Å². The summed E-state index contributed by atoms with van der Waals surface area (Å²) >= 11 is 5.75. The Morgan fingerprint density at radius 1 is 1.03 bits per heavy atom. The van der Waals surface area contributed by atoms with Gasteiger partial charge in [0.2, 0.25) is 6.79 Å². The van der Waals surface area contributed by atoms with Crippen LogP contribution in [0, 0.1) is 10.1 Å². The molecule has 1 fully saturated rings. The molecule has 2 atom stereocenters. The van der Waals surface area contributed by atoms with Crippen molar-refractivity contribution in [1.82, 2.24) is 10.3 Å². The lowest BCUT2D eigenvalue weighted by Gasteiger charge is -2.26. The maximum absolute atomic E-state index is 11.2. The number of furan rings is 1. The van der Waals surface area contributed by atoms with Gasteiger partial charge in [-0.2, -0.15) is 0 Å². The molecule has 2 aliphatic heterocycles. The van der Waals surface area contributed by atoms with Crippen LogP contribution < -0.4 is 19.7 Å². The van der Waals surface area contributed by atoms with E-state index >= 15 is 0 Å². The number of thiocarbonyl (C=S) groups is 1. The second kappa shape index (κ2) is 8.41. The molecule has 0 aliphatic carbocycles. The summed E-state index contributed by atoms with van der Waals surface area (Å²) in [6, 6.07) is 20.7. The molecule has 9 nitrogen and oxygen atoms in total. The Hall–Kier alpha value is -4.44. The summed E-state index contributed by atoms with van der Waals surface area (Å²) in [6.45, 7) is 0.173. The molecule has 0 unspecified atom stereocenters. The van der Waals surface area contributed by atoms with Crippen molar-refractivity contribution in [1.29, 1.82) is 0 Å². The Labute approximate surface area is 205 Å². The van der Waals surface area contributed by atoms with Gasteiger partial charge < -0.3 is 24.1 Å². The van der Waals surface area contributed by atoms with Crippen LogP contribution in [-0.4, -0.2) is 21.8 Å². The molecular formula is C25H18N4O5S. The molecule has 2 aliphatic rings. The number of nitrogens with zero attached hydrogens (tertiary/aromatic N) is 3. The Morgan fingerprint density at radius 2 is 1.91 bits per heavy atom. The molecule has 1 saturated heterocycles. The van der Waals surface area contributed by atoms with E-state index in [4.69, 9.17) is 26.1 Å². The number of nitrogens with one attached hydrogen (secondary N) is 1. The number of nitro benzene ring substituents is 1. The summed E-state index contributed by atoms with van der Waals surface area (Å²) in [6.07, 6.45) is 1.73. The van der Waals surface area contributed by atoms with E-state index in [-0.39, 0.29) is 24.6 Å². The predicted molar refractivity (Wildman–Crippen MR) is 131 cm³/mol. The number of fused-ring (bicyclic) bond motifs is 1. The summed E-state index contributed by atoms with van der Waals surface area (Å²) in [7, 11) is 0. The number of rotatable bonds is 5. The predicted octanol–water partition coefficient (Wildman–Crippen LogP) is 5.16. The third kappa shape index (κ3) is 3.73. The lowest BCUT2D eigenvalue weighted by atomic mass is 10.0. The van der Waals surface area contributed by atoms with Crippen molar-refractivity contribution >= 4 is 28.7 Å². The molecule has 4 aromatic rings. The van der Waals surface area contributed by atoms with Gasteiger partial charge in [-0.05, 0) is 48.6 Å². The van der Waals surface area contributed by atoms with Crippen LogP contribution in [0.15, 0.2) is 83.4 Å². The molecule has 2 aromatic heterocycles. The Kier molecular flexibility index (Phi) is 5.07. The molecule has 2 aromatic carbocycles. The number of benzene rings is 2. The second-order valence-electron chi connectivity index (χ2n) is 8.04. The summed E-state index contributed by atoms with van der Waals surface area (Å²) in [5.74, 6) is 2.47. The topological polar surface area (TPSA) is 103 Å². The van der Waals surface area contributed by atoms with Crippen LogP contribution in [0.4, 0.5) is 11.4 Å². The maximum Gasteiger partial charge on any atom is 0.270 e.